The van der Waals surface area contributed by atoms with E-state index in [1.807, 2.05) is 0 Å². The molecule has 0 fully saturated rings. The maximum atomic E-state index is 3.98. The van der Waals surface area contributed by atoms with Gasteiger partial charge in [0.2, 0.25) is 0 Å². The van der Waals surface area contributed by atoms with Crippen molar-refractivity contribution in [1.82, 2.24) is 10.6 Å². The van der Waals surface area contributed by atoms with Crippen LogP contribution in [0, 0.1) is 11.8 Å². The van der Waals surface area contributed by atoms with Crippen molar-refractivity contribution in [1.29, 1.82) is 0 Å². The molecule has 0 aromatic rings. The molecular weight excluding hydrogens is 172 g/mol. The molecule has 0 aromatic carbocycles. The molecule has 0 aliphatic carbocycles. The topological polar surface area (TPSA) is 24.1 Å². The summed E-state index contributed by atoms with van der Waals surface area (Å²) in [5, 5.41) is 6.82. The van der Waals surface area contributed by atoms with Crippen LogP contribution in [0.15, 0.2) is 12.3 Å². The fraction of sp³-hybridized carbons (Fsp3) is 0.833. The number of nitrogens with one attached hydrogen (secondary N) is 2. The summed E-state index contributed by atoms with van der Waals surface area (Å²) in [6, 6.07) is 0.507. The maximum absolute atomic E-state index is 3.98. The van der Waals surface area contributed by atoms with Gasteiger partial charge in [-0.05, 0) is 25.3 Å². The molecule has 14 heavy (non-hydrogen) atoms. The molecule has 0 heterocycles. The first kappa shape index (κ1) is 13.5. The molecule has 2 nitrogen and oxygen atoms in total. The van der Waals surface area contributed by atoms with Crippen LogP contribution in [0.4, 0.5) is 0 Å². The molecule has 0 spiro atoms. The van der Waals surface area contributed by atoms with Crippen LogP contribution >= 0.6 is 0 Å². The van der Waals surface area contributed by atoms with Crippen molar-refractivity contribution in [3.8, 4) is 0 Å². The van der Waals surface area contributed by atoms with E-state index >= 15 is 0 Å². The van der Waals surface area contributed by atoms with Gasteiger partial charge < -0.3 is 10.6 Å². The van der Waals surface area contributed by atoms with Crippen LogP contribution in [-0.4, -0.2) is 19.1 Å². The van der Waals surface area contributed by atoms with E-state index in [2.05, 4.69) is 51.8 Å². The molecule has 0 rings (SSSR count). The second-order valence-electron chi connectivity index (χ2n) is 4.76. The third kappa shape index (κ3) is 6.96. The van der Waals surface area contributed by atoms with E-state index in [4.69, 9.17) is 0 Å². The first-order chi connectivity index (χ1) is 6.43. The van der Waals surface area contributed by atoms with Gasteiger partial charge in [-0.1, -0.05) is 34.3 Å². The zero-order valence-corrected chi connectivity index (χ0v) is 10.4. The van der Waals surface area contributed by atoms with Crippen LogP contribution in [0.5, 0.6) is 0 Å². The summed E-state index contributed by atoms with van der Waals surface area (Å²) in [7, 11) is 0. The van der Waals surface area contributed by atoms with Crippen LogP contribution < -0.4 is 10.6 Å². The average molecular weight is 198 g/mol. The standard InChI is InChI=1S/C12H26N2/c1-9(2)7-13-11(5)8-14-12(6)10(3)4/h9-11,13-14H,6-8H2,1-5H3. The lowest BCUT2D eigenvalue weighted by molar-refractivity contribution is 0.465. The Kier molecular flexibility index (Phi) is 6.64. The van der Waals surface area contributed by atoms with Crippen molar-refractivity contribution in [2.24, 2.45) is 11.8 Å². The highest BCUT2D eigenvalue weighted by Crippen LogP contribution is 2.01. The lowest BCUT2D eigenvalue weighted by atomic mass is 10.1. The second-order valence-corrected chi connectivity index (χ2v) is 4.76. The first-order valence-electron chi connectivity index (χ1n) is 5.59. The lowest BCUT2D eigenvalue weighted by Gasteiger charge is -2.19. The molecule has 2 N–H and O–H groups in total. The largest absolute Gasteiger partial charge is 0.387 e. The monoisotopic (exact) mass is 198 g/mol. The normalized spacial score (nSPS) is 13.4. The smallest absolute Gasteiger partial charge is 0.0295 e. The van der Waals surface area contributed by atoms with E-state index in [1.54, 1.807) is 0 Å². The molecular formula is C12H26N2. The van der Waals surface area contributed by atoms with Crippen LogP contribution in [0.25, 0.3) is 0 Å². The van der Waals surface area contributed by atoms with E-state index in [-0.39, 0.29) is 0 Å². The molecule has 0 radical (unpaired) electrons. The van der Waals surface area contributed by atoms with Gasteiger partial charge in [0.25, 0.3) is 0 Å². The summed E-state index contributed by atoms with van der Waals surface area (Å²) in [6.07, 6.45) is 0. The van der Waals surface area contributed by atoms with Crippen molar-refractivity contribution >= 4 is 0 Å². The summed E-state index contributed by atoms with van der Waals surface area (Å²) >= 11 is 0. The summed E-state index contributed by atoms with van der Waals surface area (Å²) in [6.45, 7) is 17.0. The van der Waals surface area contributed by atoms with Gasteiger partial charge in [0.15, 0.2) is 0 Å². The highest BCUT2D eigenvalue weighted by Gasteiger charge is 2.04. The minimum atomic E-state index is 0.507. The molecule has 1 atom stereocenters. The van der Waals surface area contributed by atoms with Crippen molar-refractivity contribution in [3.05, 3.63) is 12.3 Å². The fourth-order valence-electron chi connectivity index (χ4n) is 0.997. The fourth-order valence-corrected chi connectivity index (χ4v) is 0.997. The minimum absolute atomic E-state index is 0.507. The van der Waals surface area contributed by atoms with E-state index in [0.29, 0.717) is 17.9 Å². The highest BCUT2D eigenvalue weighted by molar-refractivity contribution is 4.94. The van der Waals surface area contributed by atoms with E-state index in [1.165, 1.54) is 0 Å². The number of allylic oxidation sites excluding steroid dienone is 1. The van der Waals surface area contributed by atoms with Gasteiger partial charge in [0, 0.05) is 18.3 Å². The minimum Gasteiger partial charge on any atom is -0.387 e. The van der Waals surface area contributed by atoms with Gasteiger partial charge in [0.05, 0.1) is 0 Å². The quantitative estimate of drug-likeness (QED) is 0.656. The molecule has 0 saturated heterocycles. The van der Waals surface area contributed by atoms with E-state index in [9.17, 15) is 0 Å². The number of hydrogen-bond acceptors (Lipinski definition) is 2. The first-order valence-corrected chi connectivity index (χ1v) is 5.59. The Morgan fingerprint density at radius 1 is 1.07 bits per heavy atom. The third-order valence-corrected chi connectivity index (χ3v) is 2.21. The van der Waals surface area contributed by atoms with E-state index < -0.39 is 0 Å². The summed E-state index contributed by atoms with van der Waals surface area (Å²) in [5.74, 6) is 1.23. The Labute approximate surface area is 89.2 Å². The lowest BCUT2D eigenvalue weighted by Crippen LogP contribution is -2.38. The van der Waals surface area contributed by atoms with Gasteiger partial charge >= 0.3 is 0 Å². The van der Waals surface area contributed by atoms with Crippen molar-refractivity contribution in [2.75, 3.05) is 13.1 Å². The van der Waals surface area contributed by atoms with Crippen LogP contribution in [-0.2, 0) is 0 Å². The highest BCUT2D eigenvalue weighted by atomic mass is 15.0. The van der Waals surface area contributed by atoms with Crippen molar-refractivity contribution in [3.63, 3.8) is 0 Å². The number of rotatable bonds is 7. The van der Waals surface area contributed by atoms with Crippen LogP contribution in [0.2, 0.25) is 0 Å². The molecule has 0 amide bonds. The molecule has 2 heteroatoms. The van der Waals surface area contributed by atoms with Crippen molar-refractivity contribution < 1.29 is 0 Å². The molecule has 0 aromatic heterocycles. The second kappa shape index (κ2) is 6.88. The average Bonchev–Trinajstić information content (AvgIpc) is 2.10. The Hall–Kier alpha value is -0.500. The van der Waals surface area contributed by atoms with Crippen LogP contribution in [0.1, 0.15) is 34.6 Å². The zero-order chi connectivity index (χ0) is 11.1. The van der Waals surface area contributed by atoms with Gasteiger partial charge in [-0.25, -0.2) is 0 Å². The summed E-state index contributed by atoms with van der Waals surface area (Å²) in [4.78, 5) is 0. The third-order valence-electron chi connectivity index (χ3n) is 2.21. The number of hydrogen-bond donors (Lipinski definition) is 2. The Balaban J connectivity index is 3.53. The molecule has 0 bridgehead atoms. The van der Waals surface area contributed by atoms with Gasteiger partial charge in [-0.15, -0.1) is 0 Å². The van der Waals surface area contributed by atoms with Gasteiger partial charge in [-0.3, -0.25) is 0 Å². The van der Waals surface area contributed by atoms with Gasteiger partial charge in [-0.2, -0.15) is 0 Å². The van der Waals surface area contributed by atoms with E-state index in [0.717, 1.165) is 18.8 Å². The summed E-state index contributed by atoms with van der Waals surface area (Å²) < 4.78 is 0. The van der Waals surface area contributed by atoms with Crippen LogP contribution in [0.3, 0.4) is 0 Å². The molecule has 0 saturated carbocycles. The summed E-state index contributed by atoms with van der Waals surface area (Å²) in [5.41, 5.74) is 1.13. The molecule has 1 unspecified atom stereocenters. The Morgan fingerprint density at radius 3 is 2.07 bits per heavy atom. The predicted octanol–water partition coefficient (Wildman–Crippen LogP) is 2.38. The predicted molar refractivity (Wildman–Crippen MR) is 64.3 cm³/mol. The molecule has 0 aliphatic heterocycles. The van der Waals surface area contributed by atoms with Crippen molar-refractivity contribution in [2.45, 2.75) is 40.7 Å². The SMILES string of the molecule is C=C(NCC(C)NCC(C)C)C(C)C. The Morgan fingerprint density at radius 2 is 1.64 bits per heavy atom. The molecule has 0 aliphatic rings. The maximum Gasteiger partial charge on any atom is 0.0295 e. The zero-order valence-electron chi connectivity index (χ0n) is 10.4. The van der Waals surface area contributed by atoms with Gasteiger partial charge in [0.1, 0.15) is 0 Å². The molecule has 84 valence electrons. The Bertz CT molecular complexity index is 162.